The largest absolute Gasteiger partial charge is 0.469 e. The highest BCUT2D eigenvalue weighted by molar-refractivity contribution is 5.77. The lowest BCUT2D eigenvalue weighted by atomic mass is 10.0. The third-order valence-corrected chi connectivity index (χ3v) is 5.01. The number of methoxy groups -OCH3 is 1. The summed E-state index contributed by atoms with van der Waals surface area (Å²) >= 11 is 0. The molecule has 2 heterocycles. The van der Waals surface area contributed by atoms with E-state index in [4.69, 9.17) is 9.47 Å². The van der Waals surface area contributed by atoms with Gasteiger partial charge in [0.25, 0.3) is 0 Å². The molecular weight excluding hydrogens is 332 g/mol. The zero-order valence-electron chi connectivity index (χ0n) is 16.0. The standard InChI is InChI=1S/C20H28N2O4/c1-20(2,3)26-19(24)22-15-10-16(18(23)25-4)17(22)13-21(12-15)11-14-8-6-5-7-9-14/h5-9,15-17H,10-13H2,1-4H3/t15-,16-,17-/m1/s1. The van der Waals surface area contributed by atoms with Crippen LogP contribution < -0.4 is 0 Å². The Kier molecular flexibility index (Phi) is 5.23. The van der Waals surface area contributed by atoms with Gasteiger partial charge in [-0.2, -0.15) is 0 Å². The molecule has 2 aliphatic heterocycles. The summed E-state index contributed by atoms with van der Waals surface area (Å²) in [7, 11) is 1.41. The van der Waals surface area contributed by atoms with Crippen molar-refractivity contribution in [1.82, 2.24) is 9.80 Å². The van der Waals surface area contributed by atoms with Crippen LogP contribution in [0, 0.1) is 5.92 Å². The zero-order valence-corrected chi connectivity index (χ0v) is 16.0. The minimum atomic E-state index is -0.557. The van der Waals surface area contributed by atoms with Crippen molar-refractivity contribution in [2.45, 2.75) is 51.4 Å². The number of carbonyl (C=O) groups excluding carboxylic acids is 2. The van der Waals surface area contributed by atoms with Crippen molar-refractivity contribution in [3.05, 3.63) is 35.9 Å². The lowest BCUT2D eigenvalue weighted by Gasteiger charge is -2.41. The van der Waals surface area contributed by atoms with Crippen LogP contribution in [0.4, 0.5) is 4.79 Å². The number of benzene rings is 1. The van der Waals surface area contributed by atoms with Gasteiger partial charge in [0.15, 0.2) is 0 Å². The number of hydrogen-bond donors (Lipinski definition) is 0. The molecule has 26 heavy (non-hydrogen) atoms. The summed E-state index contributed by atoms with van der Waals surface area (Å²) in [6.45, 7) is 7.76. The number of esters is 1. The molecule has 6 nitrogen and oxygen atoms in total. The van der Waals surface area contributed by atoms with Crippen LogP contribution in [0.2, 0.25) is 0 Å². The molecule has 2 fully saturated rings. The summed E-state index contributed by atoms with van der Waals surface area (Å²) in [4.78, 5) is 29.1. The van der Waals surface area contributed by atoms with Gasteiger partial charge in [0.1, 0.15) is 5.60 Å². The minimum absolute atomic E-state index is 0.0311. The summed E-state index contributed by atoms with van der Waals surface area (Å²) in [5.74, 6) is -0.536. The maximum Gasteiger partial charge on any atom is 0.410 e. The number of nitrogens with zero attached hydrogens (tertiary/aromatic N) is 2. The molecule has 0 unspecified atom stereocenters. The molecule has 0 N–H and O–H groups in total. The fraction of sp³-hybridized carbons (Fsp3) is 0.600. The van der Waals surface area contributed by atoms with Gasteiger partial charge in [-0.1, -0.05) is 30.3 Å². The number of carbonyl (C=O) groups is 2. The Bertz CT molecular complexity index is 656. The monoisotopic (exact) mass is 360 g/mol. The lowest BCUT2D eigenvalue weighted by Crippen LogP contribution is -2.57. The van der Waals surface area contributed by atoms with Gasteiger partial charge in [-0.3, -0.25) is 14.6 Å². The van der Waals surface area contributed by atoms with Crippen LogP contribution in [0.5, 0.6) is 0 Å². The number of amides is 1. The maximum absolute atomic E-state index is 12.7. The second-order valence-electron chi connectivity index (χ2n) is 8.15. The highest BCUT2D eigenvalue weighted by atomic mass is 16.6. The first-order chi connectivity index (χ1) is 12.3. The number of fused-ring (bicyclic) bond motifs is 2. The van der Waals surface area contributed by atoms with Crippen molar-refractivity contribution in [3.8, 4) is 0 Å². The van der Waals surface area contributed by atoms with E-state index in [0.29, 0.717) is 13.0 Å². The third kappa shape index (κ3) is 4.01. The third-order valence-electron chi connectivity index (χ3n) is 5.01. The Labute approximate surface area is 155 Å². The van der Waals surface area contributed by atoms with E-state index in [1.165, 1.54) is 12.7 Å². The van der Waals surface area contributed by atoms with E-state index >= 15 is 0 Å². The second kappa shape index (κ2) is 7.27. The number of likely N-dealkylation sites (tertiary alicyclic amines) is 1. The Morgan fingerprint density at radius 2 is 1.85 bits per heavy atom. The van der Waals surface area contributed by atoms with E-state index in [1.54, 1.807) is 4.90 Å². The molecule has 142 valence electrons. The minimum Gasteiger partial charge on any atom is -0.469 e. The molecule has 1 amide bonds. The van der Waals surface area contributed by atoms with E-state index in [9.17, 15) is 9.59 Å². The van der Waals surface area contributed by atoms with Gasteiger partial charge < -0.3 is 9.47 Å². The van der Waals surface area contributed by atoms with Crippen molar-refractivity contribution in [2.75, 3.05) is 20.2 Å². The molecule has 2 saturated heterocycles. The predicted octanol–water partition coefficient (Wildman–Crippen LogP) is 2.67. The highest BCUT2D eigenvalue weighted by Gasteiger charge is 2.52. The molecule has 0 aliphatic carbocycles. The number of ether oxygens (including phenoxy) is 2. The number of hydrogen-bond acceptors (Lipinski definition) is 5. The first kappa shape index (κ1) is 18.7. The van der Waals surface area contributed by atoms with Crippen LogP contribution in [0.3, 0.4) is 0 Å². The summed E-state index contributed by atoms with van der Waals surface area (Å²) < 4.78 is 10.6. The Morgan fingerprint density at radius 1 is 1.15 bits per heavy atom. The molecule has 1 aromatic rings. The Balaban J connectivity index is 1.77. The Morgan fingerprint density at radius 3 is 2.46 bits per heavy atom. The molecule has 0 spiro atoms. The molecule has 1 aromatic carbocycles. The summed E-state index contributed by atoms with van der Waals surface area (Å²) in [6.07, 6.45) is 0.292. The quantitative estimate of drug-likeness (QED) is 0.776. The SMILES string of the molecule is COC(=O)[C@@H]1C[C@@H]2CN(Cc3ccccc3)C[C@H]1N2C(=O)OC(C)(C)C. The average Bonchev–Trinajstić information content (AvgIpc) is 2.81. The first-order valence-corrected chi connectivity index (χ1v) is 9.14. The summed E-state index contributed by atoms with van der Waals surface area (Å²) in [6, 6.07) is 10.0. The first-order valence-electron chi connectivity index (χ1n) is 9.14. The van der Waals surface area contributed by atoms with Crippen molar-refractivity contribution in [1.29, 1.82) is 0 Å². The smallest absolute Gasteiger partial charge is 0.410 e. The van der Waals surface area contributed by atoms with E-state index in [1.807, 2.05) is 39.0 Å². The van der Waals surface area contributed by atoms with Crippen molar-refractivity contribution >= 4 is 12.1 Å². The fourth-order valence-corrected chi connectivity index (χ4v) is 4.02. The average molecular weight is 360 g/mol. The zero-order chi connectivity index (χ0) is 18.9. The maximum atomic E-state index is 12.7. The molecule has 0 aromatic heterocycles. The summed E-state index contributed by atoms with van der Waals surface area (Å²) in [5, 5.41) is 0. The van der Waals surface area contributed by atoms with E-state index < -0.39 is 5.60 Å². The lowest BCUT2D eigenvalue weighted by molar-refractivity contribution is -0.146. The number of rotatable bonds is 3. The van der Waals surface area contributed by atoms with Gasteiger partial charge in [0.05, 0.1) is 19.1 Å². The fourth-order valence-electron chi connectivity index (χ4n) is 4.02. The van der Waals surface area contributed by atoms with Gasteiger partial charge in [-0.05, 0) is 32.8 Å². The van der Waals surface area contributed by atoms with Crippen LogP contribution in [0.15, 0.2) is 30.3 Å². The van der Waals surface area contributed by atoms with Crippen LogP contribution in [-0.4, -0.2) is 59.7 Å². The molecule has 0 radical (unpaired) electrons. The molecule has 3 atom stereocenters. The van der Waals surface area contributed by atoms with Gasteiger partial charge in [0, 0.05) is 25.7 Å². The second-order valence-corrected chi connectivity index (χ2v) is 8.15. The van der Waals surface area contributed by atoms with Crippen LogP contribution in [0.1, 0.15) is 32.8 Å². The van der Waals surface area contributed by atoms with Gasteiger partial charge in [-0.15, -0.1) is 0 Å². The molecule has 2 aliphatic rings. The van der Waals surface area contributed by atoms with Gasteiger partial charge in [-0.25, -0.2) is 4.79 Å². The Hall–Kier alpha value is -2.08. The van der Waals surface area contributed by atoms with Crippen LogP contribution in [-0.2, 0) is 20.8 Å². The molecule has 6 heteroatoms. The molecule has 3 rings (SSSR count). The number of piperazine rings is 1. The summed E-state index contributed by atoms with van der Waals surface area (Å²) in [5.41, 5.74) is 0.672. The predicted molar refractivity (Wildman–Crippen MR) is 97.5 cm³/mol. The van der Waals surface area contributed by atoms with Crippen molar-refractivity contribution in [2.24, 2.45) is 5.92 Å². The normalized spacial score (nSPS) is 25.8. The van der Waals surface area contributed by atoms with E-state index in [0.717, 1.165) is 13.1 Å². The van der Waals surface area contributed by atoms with Crippen LogP contribution in [0.25, 0.3) is 0 Å². The highest BCUT2D eigenvalue weighted by Crippen LogP contribution is 2.37. The van der Waals surface area contributed by atoms with Gasteiger partial charge >= 0.3 is 12.1 Å². The van der Waals surface area contributed by atoms with Crippen LogP contribution >= 0.6 is 0 Å². The van der Waals surface area contributed by atoms with Crippen molar-refractivity contribution < 1.29 is 19.1 Å². The van der Waals surface area contributed by atoms with E-state index in [2.05, 4.69) is 17.0 Å². The molecular formula is C20H28N2O4. The topological polar surface area (TPSA) is 59.1 Å². The molecule has 0 saturated carbocycles. The van der Waals surface area contributed by atoms with E-state index in [-0.39, 0.29) is 30.1 Å². The van der Waals surface area contributed by atoms with Gasteiger partial charge in [0.2, 0.25) is 0 Å². The molecule has 2 bridgehead atoms. The van der Waals surface area contributed by atoms with Crippen molar-refractivity contribution in [3.63, 3.8) is 0 Å².